The standard InChI is InChI=1S/C17H27F/c1-6-11-14(7-2)17(5,16(3,4)18)15-12-9-8-10-13-15/h8-10,12-14H,6-7,11H2,1-5H3. The summed E-state index contributed by atoms with van der Waals surface area (Å²) in [6.07, 6.45) is 3.21. The van der Waals surface area contributed by atoms with Crippen molar-refractivity contribution in [1.82, 2.24) is 0 Å². The molecule has 0 radical (unpaired) electrons. The Morgan fingerprint density at radius 3 is 2.00 bits per heavy atom. The molecule has 0 bridgehead atoms. The van der Waals surface area contributed by atoms with Crippen LogP contribution in [0.5, 0.6) is 0 Å². The Balaban J connectivity index is 3.27. The summed E-state index contributed by atoms with van der Waals surface area (Å²) in [5.41, 5.74) is -0.513. The molecule has 0 N–H and O–H groups in total. The second-order valence-corrected chi connectivity index (χ2v) is 5.93. The number of halogens is 1. The lowest BCUT2D eigenvalue weighted by molar-refractivity contribution is 0.0471. The predicted octanol–water partition coefficient (Wildman–Crippen LogP) is 5.52. The second-order valence-electron chi connectivity index (χ2n) is 5.93. The lowest BCUT2D eigenvalue weighted by atomic mass is 9.61. The fourth-order valence-electron chi connectivity index (χ4n) is 3.10. The highest BCUT2D eigenvalue weighted by atomic mass is 19.1. The van der Waals surface area contributed by atoms with Gasteiger partial charge in [0.05, 0.1) is 0 Å². The minimum Gasteiger partial charge on any atom is -0.244 e. The summed E-state index contributed by atoms with van der Waals surface area (Å²) in [5, 5.41) is 0. The molecule has 0 aliphatic rings. The minimum atomic E-state index is -1.22. The first-order valence-electron chi connectivity index (χ1n) is 7.12. The topological polar surface area (TPSA) is 0 Å². The Labute approximate surface area is 112 Å². The molecule has 0 aliphatic carbocycles. The van der Waals surface area contributed by atoms with E-state index in [1.165, 1.54) is 0 Å². The summed E-state index contributed by atoms with van der Waals surface area (Å²) in [6, 6.07) is 10.2. The van der Waals surface area contributed by atoms with E-state index in [0.29, 0.717) is 5.92 Å². The van der Waals surface area contributed by atoms with Gasteiger partial charge in [-0.05, 0) is 31.7 Å². The van der Waals surface area contributed by atoms with Crippen molar-refractivity contribution >= 4 is 0 Å². The minimum absolute atomic E-state index is 0.380. The molecule has 1 heteroatoms. The van der Waals surface area contributed by atoms with E-state index in [0.717, 1.165) is 24.8 Å². The average Bonchev–Trinajstić information content (AvgIpc) is 2.34. The number of benzene rings is 1. The van der Waals surface area contributed by atoms with E-state index in [2.05, 4.69) is 32.9 Å². The van der Waals surface area contributed by atoms with E-state index in [4.69, 9.17) is 0 Å². The number of alkyl halides is 1. The smallest absolute Gasteiger partial charge is 0.115 e. The van der Waals surface area contributed by atoms with Crippen LogP contribution in [0.25, 0.3) is 0 Å². The summed E-state index contributed by atoms with van der Waals surface area (Å²) in [7, 11) is 0. The third-order valence-electron chi connectivity index (χ3n) is 4.55. The van der Waals surface area contributed by atoms with Gasteiger partial charge in [-0.15, -0.1) is 0 Å². The molecule has 18 heavy (non-hydrogen) atoms. The van der Waals surface area contributed by atoms with Gasteiger partial charge in [-0.2, -0.15) is 0 Å². The third kappa shape index (κ3) is 2.76. The zero-order valence-corrected chi connectivity index (χ0v) is 12.5. The first-order chi connectivity index (χ1) is 8.37. The van der Waals surface area contributed by atoms with Crippen LogP contribution in [0.4, 0.5) is 4.39 Å². The molecule has 0 aromatic heterocycles. The van der Waals surface area contributed by atoms with Crippen molar-refractivity contribution in [3.05, 3.63) is 35.9 Å². The maximum Gasteiger partial charge on any atom is 0.115 e. The molecular weight excluding hydrogens is 223 g/mol. The summed E-state index contributed by atoms with van der Waals surface area (Å²) in [5.74, 6) is 0.380. The van der Waals surface area contributed by atoms with Gasteiger partial charge in [-0.25, -0.2) is 4.39 Å². The van der Waals surface area contributed by atoms with Gasteiger partial charge in [0.25, 0.3) is 0 Å². The highest BCUT2D eigenvalue weighted by Crippen LogP contribution is 2.46. The Morgan fingerprint density at radius 2 is 1.61 bits per heavy atom. The Morgan fingerprint density at radius 1 is 1.06 bits per heavy atom. The van der Waals surface area contributed by atoms with Crippen LogP contribution in [0.15, 0.2) is 30.3 Å². The van der Waals surface area contributed by atoms with E-state index in [-0.39, 0.29) is 0 Å². The SMILES string of the molecule is CCCC(CC)C(C)(c1ccccc1)C(C)(C)F. The molecule has 0 fully saturated rings. The van der Waals surface area contributed by atoms with Crippen molar-refractivity contribution in [1.29, 1.82) is 0 Å². The maximum absolute atomic E-state index is 14.9. The zero-order chi connectivity index (χ0) is 13.8. The van der Waals surface area contributed by atoms with E-state index >= 15 is 0 Å². The lowest BCUT2D eigenvalue weighted by Gasteiger charge is -2.45. The van der Waals surface area contributed by atoms with Crippen molar-refractivity contribution in [2.45, 2.75) is 65.0 Å². The van der Waals surface area contributed by atoms with Crippen molar-refractivity contribution in [3.8, 4) is 0 Å². The number of rotatable bonds is 6. The van der Waals surface area contributed by atoms with Crippen molar-refractivity contribution in [3.63, 3.8) is 0 Å². The molecule has 0 saturated heterocycles. The molecular formula is C17H27F. The Bertz CT molecular complexity index is 350. The van der Waals surface area contributed by atoms with Gasteiger partial charge in [0.15, 0.2) is 0 Å². The average molecular weight is 250 g/mol. The van der Waals surface area contributed by atoms with Gasteiger partial charge >= 0.3 is 0 Å². The maximum atomic E-state index is 14.9. The van der Waals surface area contributed by atoms with Crippen LogP contribution >= 0.6 is 0 Å². The normalized spacial score (nSPS) is 17.2. The van der Waals surface area contributed by atoms with Crippen molar-refractivity contribution in [2.75, 3.05) is 0 Å². The predicted molar refractivity (Wildman–Crippen MR) is 77.7 cm³/mol. The molecule has 0 heterocycles. The van der Waals surface area contributed by atoms with Gasteiger partial charge < -0.3 is 0 Å². The molecule has 0 amide bonds. The molecule has 0 aliphatic heterocycles. The van der Waals surface area contributed by atoms with Gasteiger partial charge in [0, 0.05) is 5.41 Å². The monoisotopic (exact) mass is 250 g/mol. The summed E-state index contributed by atoms with van der Waals surface area (Å²) < 4.78 is 14.9. The van der Waals surface area contributed by atoms with Gasteiger partial charge in [-0.3, -0.25) is 0 Å². The molecule has 2 unspecified atom stereocenters. The summed E-state index contributed by atoms with van der Waals surface area (Å²) in [6.45, 7) is 9.88. The lowest BCUT2D eigenvalue weighted by Crippen LogP contribution is -2.47. The van der Waals surface area contributed by atoms with Gasteiger partial charge in [-0.1, -0.05) is 63.9 Å². The van der Waals surface area contributed by atoms with Crippen molar-refractivity contribution < 1.29 is 4.39 Å². The number of hydrogen-bond donors (Lipinski definition) is 0. The quantitative estimate of drug-likeness (QED) is 0.623. The fourth-order valence-corrected chi connectivity index (χ4v) is 3.10. The highest BCUT2D eigenvalue weighted by molar-refractivity contribution is 5.29. The van der Waals surface area contributed by atoms with Crippen LogP contribution in [0.2, 0.25) is 0 Å². The molecule has 2 atom stereocenters. The second kappa shape index (κ2) is 5.86. The molecule has 0 nitrogen and oxygen atoms in total. The molecule has 0 saturated carbocycles. The van der Waals surface area contributed by atoms with Gasteiger partial charge in [0.2, 0.25) is 0 Å². The van der Waals surface area contributed by atoms with E-state index in [1.54, 1.807) is 13.8 Å². The third-order valence-corrected chi connectivity index (χ3v) is 4.55. The highest BCUT2D eigenvalue weighted by Gasteiger charge is 2.47. The molecule has 102 valence electrons. The van der Waals surface area contributed by atoms with Crippen molar-refractivity contribution in [2.24, 2.45) is 5.92 Å². The number of hydrogen-bond acceptors (Lipinski definition) is 0. The largest absolute Gasteiger partial charge is 0.244 e. The Hall–Kier alpha value is -0.850. The fraction of sp³-hybridized carbons (Fsp3) is 0.647. The zero-order valence-electron chi connectivity index (χ0n) is 12.5. The van der Waals surface area contributed by atoms with Crippen LogP contribution in [-0.2, 0) is 5.41 Å². The van der Waals surface area contributed by atoms with Crippen LogP contribution in [-0.4, -0.2) is 5.67 Å². The van der Waals surface area contributed by atoms with Crippen LogP contribution < -0.4 is 0 Å². The molecule has 0 spiro atoms. The molecule has 1 rings (SSSR count). The Kier molecular flexibility index (Phi) is 4.95. The van der Waals surface area contributed by atoms with Crippen LogP contribution in [0, 0.1) is 5.92 Å². The van der Waals surface area contributed by atoms with E-state index in [1.807, 2.05) is 18.2 Å². The summed E-state index contributed by atoms with van der Waals surface area (Å²) >= 11 is 0. The first kappa shape index (κ1) is 15.2. The van der Waals surface area contributed by atoms with Crippen LogP contribution in [0.1, 0.15) is 59.4 Å². The van der Waals surface area contributed by atoms with E-state index < -0.39 is 11.1 Å². The first-order valence-corrected chi connectivity index (χ1v) is 7.12. The summed E-state index contributed by atoms with van der Waals surface area (Å²) in [4.78, 5) is 0. The molecule has 1 aromatic carbocycles. The molecule has 1 aromatic rings. The van der Waals surface area contributed by atoms with E-state index in [9.17, 15) is 4.39 Å². The van der Waals surface area contributed by atoms with Gasteiger partial charge in [0.1, 0.15) is 5.67 Å². The van der Waals surface area contributed by atoms with Crippen LogP contribution in [0.3, 0.4) is 0 Å².